The summed E-state index contributed by atoms with van der Waals surface area (Å²) in [6, 6.07) is 15.3. The first-order chi connectivity index (χ1) is 14.3. The van der Waals surface area contributed by atoms with Crippen molar-refractivity contribution in [2.75, 3.05) is 13.2 Å². The molecule has 0 bridgehead atoms. The van der Waals surface area contributed by atoms with Crippen LogP contribution in [0.5, 0.6) is 0 Å². The molecular weight excluding hydrogens is 383 g/mol. The smallest absolute Gasteiger partial charge is 0.349 e. The van der Waals surface area contributed by atoms with Gasteiger partial charge < -0.3 is 9.64 Å². The molecule has 1 amide bonds. The first-order valence-electron chi connectivity index (χ1n) is 9.75. The Morgan fingerprint density at radius 2 is 1.90 bits per heavy atom. The predicted octanol–water partition coefficient (Wildman–Crippen LogP) is 4.45. The van der Waals surface area contributed by atoms with Crippen molar-refractivity contribution in [2.45, 2.75) is 33.2 Å². The molecule has 0 heterocycles. The number of rotatable bonds is 8. The Morgan fingerprint density at radius 1 is 1.20 bits per heavy atom. The lowest BCUT2D eigenvalue weighted by Gasteiger charge is -2.20. The lowest BCUT2D eigenvalue weighted by Crippen LogP contribution is -2.34. The number of carbonyl (C=O) groups is 2. The maximum atomic E-state index is 13.3. The van der Waals surface area contributed by atoms with Crippen molar-refractivity contribution in [1.82, 2.24) is 4.90 Å². The SMILES string of the molecule is CCN(Cc1cccc(F)c1)C(=O)COC(=O)/C(C#N)=C/c1ccc(C(C)C)cc1. The van der Waals surface area contributed by atoms with Crippen LogP contribution >= 0.6 is 0 Å². The van der Waals surface area contributed by atoms with E-state index in [9.17, 15) is 19.2 Å². The maximum Gasteiger partial charge on any atom is 0.349 e. The van der Waals surface area contributed by atoms with Gasteiger partial charge in [-0.3, -0.25) is 4.79 Å². The molecule has 5 nitrogen and oxygen atoms in total. The van der Waals surface area contributed by atoms with E-state index in [1.807, 2.05) is 30.3 Å². The van der Waals surface area contributed by atoms with Crippen LogP contribution in [-0.2, 0) is 20.9 Å². The predicted molar refractivity (Wildman–Crippen MR) is 113 cm³/mol. The molecule has 2 rings (SSSR count). The summed E-state index contributed by atoms with van der Waals surface area (Å²) in [6.45, 7) is 6.01. The molecule has 0 saturated heterocycles. The zero-order valence-corrected chi connectivity index (χ0v) is 17.4. The highest BCUT2D eigenvalue weighted by Gasteiger charge is 2.17. The monoisotopic (exact) mass is 408 g/mol. The molecule has 0 unspecified atom stereocenters. The molecule has 0 aliphatic heterocycles. The number of nitrogens with zero attached hydrogens (tertiary/aromatic N) is 2. The molecule has 30 heavy (non-hydrogen) atoms. The highest BCUT2D eigenvalue weighted by Crippen LogP contribution is 2.16. The van der Waals surface area contributed by atoms with E-state index in [1.54, 1.807) is 19.1 Å². The van der Waals surface area contributed by atoms with Gasteiger partial charge in [-0.15, -0.1) is 0 Å². The van der Waals surface area contributed by atoms with Gasteiger partial charge in [-0.1, -0.05) is 50.2 Å². The standard InChI is InChI=1S/C24H25FN2O3/c1-4-27(15-19-6-5-7-22(25)13-19)23(28)16-30-24(29)21(14-26)12-18-8-10-20(11-9-18)17(2)3/h5-13,17H,4,15-16H2,1-3H3/b21-12+. The highest BCUT2D eigenvalue weighted by atomic mass is 19.1. The summed E-state index contributed by atoms with van der Waals surface area (Å²) < 4.78 is 18.4. The fraction of sp³-hybridized carbons (Fsp3) is 0.292. The molecule has 0 radical (unpaired) electrons. The van der Waals surface area contributed by atoms with Gasteiger partial charge in [0.05, 0.1) is 0 Å². The van der Waals surface area contributed by atoms with Gasteiger partial charge in [0.25, 0.3) is 5.91 Å². The third-order valence-corrected chi connectivity index (χ3v) is 4.58. The molecule has 0 aliphatic carbocycles. The average Bonchev–Trinajstić information content (AvgIpc) is 2.74. The summed E-state index contributed by atoms with van der Waals surface area (Å²) in [7, 11) is 0. The molecule has 0 aromatic heterocycles. The molecule has 0 saturated carbocycles. The molecule has 2 aromatic rings. The molecule has 0 fully saturated rings. The Balaban J connectivity index is 1.99. The summed E-state index contributed by atoms with van der Waals surface area (Å²) in [4.78, 5) is 26.1. The van der Waals surface area contributed by atoms with Crippen LogP contribution in [-0.4, -0.2) is 29.9 Å². The van der Waals surface area contributed by atoms with Gasteiger partial charge in [0.1, 0.15) is 17.5 Å². The normalized spacial score (nSPS) is 11.1. The van der Waals surface area contributed by atoms with E-state index in [2.05, 4.69) is 13.8 Å². The van der Waals surface area contributed by atoms with E-state index in [0.717, 1.165) is 5.56 Å². The first-order valence-corrected chi connectivity index (χ1v) is 9.75. The second kappa shape index (κ2) is 10.9. The van der Waals surface area contributed by atoms with Crippen molar-refractivity contribution >= 4 is 18.0 Å². The van der Waals surface area contributed by atoms with Crippen LogP contribution < -0.4 is 0 Å². The minimum atomic E-state index is -0.861. The third kappa shape index (κ3) is 6.56. The van der Waals surface area contributed by atoms with E-state index in [4.69, 9.17) is 4.74 Å². The van der Waals surface area contributed by atoms with Crippen LogP contribution in [0.15, 0.2) is 54.1 Å². The number of esters is 1. The molecule has 6 heteroatoms. The number of hydrogen-bond donors (Lipinski definition) is 0. The Bertz CT molecular complexity index is 959. The number of likely N-dealkylation sites (N-methyl/N-ethyl adjacent to an activating group) is 1. The van der Waals surface area contributed by atoms with Crippen LogP contribution in [0.1, 0.15) is 43.4 Å². The minimum absolute atomic E-state index is 0.187. The second-order valence-electron chi connectivity index (χ2n) is 7.11. The van der Waals surface area contributed by atoms with Crippen LogP contribution in [0, 0.1) is 17.1 Å². The van der Waals surface area contributed by atoms with E-state index in [0.29, 0.717) is 23.6 Å². The first kappa shape index (κ1) is 22.8. The van der Waals surface area contributed by atoms with Crippen molar-refractivity contribution in [3.05, 3.63) is 76.6 Å². The highest BCUT2D eigenvalue weighted by molar-refractivity contribution is 5.98. The van der Waals surface area contributed by atoms with Gasteiger partial charge >= 0.3 is 5.97 Å². The summed E-state index contributed by atoms with van der Waals surface area (Å²) >= 11 is 0. The number of ether oxygens (including phenoxy) is 1. The summed E-state index contributed by atoms with van der Waals surface area (Å²) in [5.74, 6) is -1.29. The summed E-state index contributed by atoms with van der Waals surface area (Å²) in [5, 5.41) is 9.29. The third-order valence-electron chi connectivity index (χ3n) is 4.58. The van der Waals surface area contributed by atoms with Crippen LogP contribution in [0.2, 0.25) is 0 Å². The van der Waals surface area contributed by atoms with E-state index >= 15 is 0 Å². The van der Waals surface area contributed by atoms with E-state index in [-0.39, 0.29) is 17.9 Å². The Hall–Kier alpha value is -3.46. The van der Waals surface area contributed by atoms with Crippen molar-refractivity contribution in [3.63, 3.8) is 0 Å². The lowest BCUT2D eigenvalue weighted by molar-refractivity contribution is -0.148. The Morgan fingerprint density at radius 3 is 2.47 bits per heavy atom. The maximum absolute atomic E-state index is 13.3. The van der Waals surface area contributed by atoms with E-state index in [1.165, 1.54) is 23.1 Å². The van der Waals surface area contributed by atoms with Crippen molar-refractivity contribution in [1.29, 1.82) is 5.26 Å². The van der Waals surface area contributed by atoms with Gasteiger partial charge in [0.15, 0.2) is 6.61 Å². The molecule has 0 spiro atoms. The topological polar surface area (TPSA) is 70.4 Å². The van der Waals surface area contributed by atoms with Crippen molar-refractivity contribution in [2.24, 2.45) is 0 Å². The van der Waals surface area contributed by atoms with E-state index < -0.39 is 18.5 Å². The average molecular weight is 408 g/mol. The molecule has 2 aromatic carbocycles. The van der Waals surface area contributed by atoms with Gasteiger partial charge in [-0.2, -0.15) is 5.26 Å². The lowest BCUT2D eigenvalue weighted by atomic mass is 10.0. The van der Waals surface area contributed by atoms with Crippen molar-refractivity contribution < 1.29 is 18.7 Å². The van der Waals surface area contributed by atoms with Gasteiger partial charge in [0.2, 0.25) is 0 Å². The number of carbonyl (C=O) groups excluding carboxylic acids is 2. The fourth-order valence-electron chi connectivity index (χ4n) is 2.81. The van der Waals surface area contributed by atoms with Gasteiger partial charge in [-0.25, -0.2) is 9.18 Å². The zero-order valence-electron chi connectivity index (χ0n) is 17.4. The molecule has 0 N–H and O–H groups in total. The molecule has 156 valence electrons. The fourth-order valence-corrected chi connectivity index (χ4v) is 2.81. The largest absolute Gasteiger partial charge is 0.451 e. The van der Waals surface area contributed by atoms with Crippen LogP contribution in [0.25, 0.3) is 6.08 Å². The quantitative estimate of drug-likeness (QED) is 0.368. The van der Waals surface area contributed by atoms with Crippen LogP contribution in [0.4, 0.5) is 4.39 Å². The Kier molecular flexibility index (Phi) is 8.30. The minimum Gasteiger partial charge on any atom is -0.451 e. The summed E-state index contributed by atoms with van der Waals surface area (Å²) in [5.41, 5.74) is 2.30. The number of hydrogen-bond acceptors (Lipinski definition) is 4. The molecule has 0 atom stereocenters. The number of halogens is 1. The van der Waals surface area contributed by atoms with Gasteiger partial charge in [0, 0.05) is 13.1 Å². The number of amides is 1. The molecule has 0 aliphatic rings. The number of nitriles is 1. The van der Waals surface area contributed by atoms with Crippen molar-refractivity contribution in [3.8, 4) is 6.07 Å². The van der Waals surface area contributed by atoms with Gasteiger partial charge in [-0.05, 0) is 47.7 Å². The van der Waals surface area contributed by atoms with Crippen LogP contribution in [0.3, 0.4) is 0 Å². The zero-order chi connectivity index (χ0) is 22.1. The number of benzene rings is 2. The Labute approximate surface area is 176 Å². The summed E-state index contributed by atoms with van der Waals surface area (Å²) in [6.07, 6.45) is 1.43. The molecular formula is C24H25FN2O3. The second-order valence-corrected chi connectivity index (χ2v) is 7.11.